The molecule has 0 aliphatic carbocycles. The normalized spacial score (nSPS) is 13.2. The Morgan fingerprint density at radius 3 is 2.33 bits per heavy atom. The number of carbonyl (C=O) groups is 4. The van der Waals surface area contributed by atoms with E-state index in [-0.39, 0.29) is 49.3 Å². The second kappa shape index (κ2) is 19.4. The third-order valence-corrected chi connectivity index (χ3v) is 8.67. The van der Waals surface area contributed by atoms with Crippen LogP contribution in [0.5, 0.6) is 0 Å². The number of nitrogens with zero attached hydrogens (tertiary/aromatic N) is 2. The van der Waals surface area contributed by atoms with Crippen LogP contribution in [-0.4, -0.2) is 93.6 Å². The number of aliphatic hydroxyl groups is 2. The van der Waals surface area contributed by atoms with Crippen molar-refractivity contribution >= 4 is 39.6 Å². The van der Waals surface area contributed by atoms with Gasteiger partial charge < -0.3 is 41.4 Å². The Hall–Kier alpha value is -4.18. The molecule has 1 heterocycles. The number of rotatable bonds is 18. The molecule has 0 bridgehead atoms. The molecular formula is C36H47BrF2N6O6. The highest BCUT2D eigenvalue weighted by Crippen LogP contribution is 2.41. The number of aromatic nitrogens is 1. The maximum Gasteiger partial charge on any atom is 0.248 e. The zero-order valence-electron chi connectivity index (χ0n) is 29.0. The fraction of sp³-hybridized carbons (Fsp3) is 0.444. The van der Waals surface area contributed by atoms with Gasteiger partial charge in [0.1, 0.15) is 18.2 Å². The summed E-state index contributed by atoms with van der Waals surface area (Å²) in [5, 5.41) is 27.7. The van der Waals surface area contributed by atoms with Crippen LogP contribution < -0.4 is 21.7 Å². The van der Waals surface area contributed by atoms with E-state index in [1.54, 1.807) is 12.3 Å². The van der Waals surface area contributed by atoms with Crippen LogP contribution in [0.4, 0.5) is 8.78 Å². The van der Waals surface area contributed by atoms with Gasteiger partial charge in [-0.15, -0.1) is 0 Å². The second-order valence-electron chi connectivity index (χ2n) is 13.2. The van der Waals surface area contributed by atoms with Crippen molar-refractivity contribution in [2.24, 2.45) is 11.1 Å². The van der Waals surface area contributed by atoms with Crippen molar-refractivity contribution in [3.05, 3.63) is 83.7 Å². The van der Waals surface area contributed by atoms with Crippen molar-refractivity contribution in [3.63, 3.8) is 0 Å². The molecule has 2 aromatic carbocycles. The van der Waals surface area contributed by atoms with Gasteiger partial charge in [-0.3, -0.25) is 19.2 Å². The molecule has 12 nitrogen and oxygen atoms in total. The summed E-state index contributed by atoms with van der Waals surface area (Å²) < 4.78 is 31.1. The van der Waals surface area contributed by atoms with Gasteiger partial charge >= 0.3 is 0 Å². The van der Waals surface area contributed by atoms with Gasteiger partial charge in [0.05, 0.1) is 30.1 Å². The lowest BCUT2D eigenvalue weighted by molar-refractivity contribution is -0.140. The second-order valence-corrected chi connectivity index (χ2v) is 13.8. The first-order chi connectivity index (χ1) is 24.2. The molecule has 278 valence electrons. The molecule has 3 aromatic rings. The Balaban J connectivity index is 1.84. The Kier molecular flexibility index (Phi) is 15.7. The number of nitrogens with one attached hydrogen (secondary N) is 3. The predicted molar refractivity (Wildman–Crippen MR) is 192 cm³/mol. The van der Waals surface area contributed by atoms with Crippen LogP contribution in [0.3, 0.4) is 0 Å². The predicted octanol–water partition coefficient (Wildman–Crippen LogP) is 2.60. The highest BCUT2D eigenvalue weighted by molar-refractivity contribution is 9.09. The van der Waals surface area contributed by atoms with Crippen LogP contribution in [-0.2, 0) is 25.7 Å². The van der Waals surface area contributed by atoms with Gasteiger partial charge in [0.2, 0.25) is 23.6 Å². The van der Waals surface area contributed by atoms with Crippen LogP contribution in [0.2, 0.25) is 0 Å². The largest absolute Gasteiger partial charge is 0.394 e. The third kappa shape index (κ3) is 12.2. The van der Waals surface area contributed by atoms with E-state index in [0.717, 1.165) is 23.8 Å². The van der Waals surface area contributed by atoms with Crippen molar-refractivity contribution in [2.75, 3.05) is 38.2 Å². The number of halogens is 3. The summed E-state index contributed by atoms with van der Waals surface area (Å²) in [4.78, 5) is 51.4. The molecule has 15 heteroatoms. The van der Waals surface area contributed by atoms with Crippen molar-refractivity contribution in [1.82, 2.24) is 25.4 Å². The van der Waals surface area contributed by atoms with Crippen molar-refractivity contribution < 1.29 is 38.2 Å². The average Bonchev–Trinajstić information content (AvgIpc) is 3.50. The summed E-state index contributed by atoms with van der Waals surface area (Å²) in [6.07, 6.45) is 1.67. The summed E-state index contributed by atoms with van der Waals surface area (Å²) in [7, 11) is 0. The van der Waals surface area contributed by atoms with Gasteiger partial charge in [0, 0.05) is 55.6 Å². The summed E-state index contributed by atoms with van der Waals surface area (Å²) in [5.41, 5.74) is 7.54. The van der Waals surface area contributed by atoms with E-state index in [2.05, 4.69) is 31.9 Å². The van der Waals surface area contributed by atoms with Gasteiger partial charge in [0.25, 0.3) is 0 Å². The van der Waals surface area contributed by atoms with Crippen molar-refractivity contribution in [3.8, 4) is 11.1 Å². The molecule has 3 rings (SSSR count). The van der Waals surface area contributed by atoms with Gasteiger partial charge in [-0.1, -0.05) is 67.0 Å². The standard InChI is InChI=1S/C36H47BrF2N6O6/c1-36(2,3)34(30-15-24(27-16-25(38)9-10-28(27)39)20-44(30)19-23-7-5-4-6-8-23)45(33(50)22-47)14-12-29(40)35(51)43-26(21-46)18-42-31(48)11-13-41-32(49)17-37/h4-10,15-16,20,26,29,34,46-47H,11-14,17-19,21-22,40H2,1-3H3,(H,41,49)(H,42,48)(H,43,51)/t26-,29+,34+/m1/s1. The summed E-state index contributed by atoms with van der Waals surface area (Å²) in [6.45, 7) is 4.70. The first-order valence-electron chi connectivity index (χ1n) is 16.5. The maximum atomic E-state index is 15.0. The molecule has 0 spiro atoms. The van der Waals surface area contributed by atoms with Crippen LogP contribution in [0.25, 0.3) is 11.1 Å². The Bertz CT molecular complexity index is 1630. The lowest BCUT2D eigenvalue weighted by Crippen LogP contribution is -2.52. The number of benzene rings is 2. The highest BCUT2D eigenvalue weighted by atomic mass is 79.9. The van der Waals surface area contributed by atoms with Gasteiger partial charge in [-0.2, -0.15) is 0 Å². The van der Waals surface area contributed by atoms with E-state index in [0.29, 0.717) is 17.8 Å². The van der Waals surface area contributed by atoms with Crippen LogP contribution in [0.15, 0.2) is 60.8 Å². The first kappa shape index (κ1) is 41.2. The average molecular weight is 778 g/mol. The smallest absolute Gasteiger partial charge is 0.248 e. The molecule has 0 aliphatic heterocycles. The number of amides is 4. The fourth-order valence-corrected chi connectivity index (χ4v) is 5.87. The molecule has 0 saturated heterocycles. The lowest BCUT2D eigenvalue weighted by Gasteiger charge is -2.41. The summed E-state index contributed by atoms with van der Waals surface area (Å²) in [6, 6.07) is 11.7. The minimum absolute atomic E-state index is 0.00140. The van der Waals surface area contributed by atoms with Crippen molar-refractivity contribution in [2.45, 2.75) is 58.3 Å². The molecule has 4 amide bonds. The topological polar surface area (TPSA) is 179 Å². The highest BCUT2D eigenvalue weighted by Gasteiger charge is 2.37. The van der Waals surface area contributed by atoms with E-state index in [9.17, 15) is 33.8 Å². The number of nitrogens with two attached hydrogens (primary N) is 1. The lowest BCUT2D eigenvalue weighted by atomic mass is 9.82. The van der Waals surface area contributed by atoms with E-state index in [4.69, 9.17) is 5.73 Å². The zero-order chi connectivity index (χ0) is 37.7. The summed E-state index contributed by atoms with van der Waals surface area (Å²) >= 11 is 3.01. The van der Waals surface area contributed by atoms with Gasteiger partial charge in [-0.25, -0.2) is 8.78 Å². The summed E-state index contributed by atoms with van der Waals surface area (Å²) in [5.74, 6) is -3.15. The molecule has 3 atom stereocenters. The molecule has 0 radical (unpaired) electrons. The maximum absolute atomic E-state index is 15.0. The number of hydrogen-bond donors (Lipinski definition) is 6. The minimum atomic E-state index is -1.14. The Morgan fingerprint density at radius 2 is 1.71 bits per heavy atom. The fourth-order valence-electron chi connectivity index (χ4n) is 5.67. The van der Waals surface area contributed by atoms with E-state index < -0.39 is 66.1 Å². The van der Waals surface area contributed by atoms with Crippen molar-refractivity contribution in [1.29, 1.82) is 0 Å². The quantitative estimate of drug-likeness (QED) is 0.108. The Labute approximate surface area is 304 Å². The molecule has 0 unspecified atom stereocenters. The van der Waals surface area contributed by atoms with Crippen LogP contribution >= 0.6 is 15.9 Å². The number of carbonyl (C=O) groups excluding carboxylic acids is 4. The molecule has 1 aromatic heterocycles. The van der Waals surface area contributed by atoms with E-state index in [1.165, 1.54) is 4.90 Å². The molecule has 51 heavy (non-hydrogen) atoms. The zero-order valence-corrected chi connectivity index (χ0v) is 30.6. The monoisotopic (exact) mass is 776 g/mol. The van der Waals surface area contributed by atoms with Crippen LogP contribution in [0, 0.1) is 17.0 Å². The van der Waals surface area contributed by atoms with Crippen LogP contribution in [0.1, 0.15) is 50.9 Å². The number of aliphatic hydroxyl groups excluding tert-OH is 2. The minimum Gasteiger partial charge on any atom is -0.394 e. The molecule has 0 fully saturated rings. The molecule has 0 saturated carbocycles. The molecule has 0 aliphatic rings. The van der Waals surface area contributed by atoms with Gasteiger partial charge in [-0.05, 0) is 41.7 Å². The van der Waals surface area contributed by atoms with Gasteiger partial charge in [0.15, 0.2) is 0 Å². The SMILES string of the molecule is CC(C)(C)[C@H](c1cc(-c2cc(F)ccc2F)cn1Cc1ccccc1)N(CC[C@H](N)C(=O)N[C@@H](CO)CNC(=O)CCNC(=O)CBr)C(=O)CO. The first-order valence-corrected chi connectivity index (χ1v) is 17.7. The third-order valence-electron chi connectivity index (χ3n) is 8.16. The number of hydrogen-bond acceptors (Lipinski definition) is 7. The molecular weight excluding hydrogens is 730 g/mol. The molecule has 7 N–H and O–H groups in total. The number of alkyl halides is 1. The van der Waals surface area contributed by atoms with E-state index in [1.807, 2.05) is 55.7 Å². The van der Waals surface area contributed by atoms with E-state index >= 15 is 4.39 Å². The Morgan fingerprint density at radius 1 is 1.00 bits per heavy atom.